The number of benzene rings is 2. The molecule has 1 heterocycles. The largest absolute Gasteiger partial charge is 0.492 e. The molecule has 2 aliphatic rings. The number of carbonyl (C=O) groups excluding carboxylic acids is 1. The third-order valence-corrected chi connectivity index (χ3v) is 7.95. The normalized spacial score (nSPS) is 18.2. The maximum absolute atomic E-state index is 13.2. The molecule has 1 saturated carbocycles. The van der Waals surface area contributed by atoms with E-state index >= 15 is 0 Å². The van der Waals surface area contributed by atoms with Crippen molar-refractivity contribution in [3.8, 4) is 5.75 Å². The second-order valence-electron chi connectivity index (χ2n) is 11.0. The molecule has 4 rings (SSSR count). The van der Waals surface area contributed by atoms with E-state index in [9.17, 15) is 14.7 Å². The summed E-state index contributed by atoms with van der Waals surface area (Å²) < 4.78 is 11.3. The van der Waals surface area contributed by atoms with E-state index < -0.39 is 12.1 Å². The Morgan fingerprint density at radius 2 is 1.81 bits per heavy atom. The molecule has 1 fully saturated rings. The molecule has 1 unspecified atom stereocenters. The van der Waals surface area contributed by atoms with Crippen molar-refractivity contribution < 1.29 is 24.2 Å². The molecule has 6 heteroatoms. The second-order valence-corrected chi connectivity index (χ2v) is 11.0. The Hall–Kier alpha value is -2.86. The number of fused-ring (bicyclic) bond motifs is 1. The van der Waals surface area contributed by atoms with E-state index in [0.717, 1.165) is 49.2 Å². The summed E-state index contributed by atoms with van der Waals surface area (Å²) in [7, 11) is 0. The zero-order valence-corrected chi connectivity index (χ0v) is 22.5. The van der Waals surface area contributed by atoms with Crippen molar-refractivity contribution in [3.05, 3.63) is 59.2 Å². The van der Waals surface area contributed by atoms with Crippen molar-refractivity contribution in [2.24, 2.45) is 5.92 Å². The highest BCUT2D eigenvalue weighted by atomic mass is 16.5. The van der Waals surface area contributed by atoms with Crippen molar-refractivity contribution in [2.75, 3.05) is 31.2 Å². The van der Waals surface area contributed by atoms with Crippen LogP contribution in [-0.4, -0.2) is 49.3 Å². The quantitative estimate of drug-likeness (QED) is 0.373. The molecule has 0 radical (unpaired) electrons. The smallest absolute Gasteiger partial charge is 0.333 e. The zero-order valence-electron chi connectivity index (χ0n) is 22.5. The summed E-state index contributed by atoms with van der Waals surface area (Å²) in [6.07, 6.45) is 6.15. The van der Waals surface area contributed by atoms with Crippen molar-refractivity contribution in [1.29, 1.82) is 0 Å². The molecule has 1 atom stereocenters. The van der Waals surface area contributed by atoms with Gasteiger partial charge < -0.3 is 19.5 Å². The first kappa shape index (κ1) is 27.2. The van der Waals surface area contributed by atoms with Crippen LogP contribution in [0.25, 0.3) is 0 Å². The van der Waals surface area contributed by atoms with Gasteiger partial charge in [0.05, 0.1) is 6.54 Å². The Balaban J connectivity index is 1.37. The Morgan fingerprint density at radius 3 is 2.49 bits per heavy atom. The Morgan fingerprint density at radius 1 is 1.08 bits per heavy atom. The Kier molecular flexibility index (Phi) is 8.91. The zero-order chi connectivity index (χ0) is 26.4. The van der Waals surface area contributed by atoms with E-state index in [0.29, 0.717) is 25.4 Å². The summed E-state index contributed by atoms with van der Waals surface area (Å²) in [4.78, 5) is 26.9. The molecule has 0 saturated heterocycles. The topological polar surface area (TPSA) is 76.1 Å². The fourth-order valence-electron chi connectivity index (χ4n) is 5.64. The van der Waals surface area contributed by atoms with E-state index in [1.807, 2.05) is 30.3 Å². The molecular formula is C31H41NO5. The number of hydrogen-bond donors (Lipinski definition) is 1. The van der Waals surface area contributed by atoms with Gasteiger partial charge in [0.25, 0.3) is 0 Å². The van der Waals surface area contributed by atoms with Crippen LogP contribution in [0.5, 0.6) is 5.75 Å². The molecule has 1 aliphatic heterocycles. The minimum atomic E-state index is -0.947. The third-order valence-electron chi connectivity index (χ3n) is 7.95. The molecule has 2 aromatic carbocycles. The minimum Gasteiger partial charge on any atom is -0.492 e. The van der Waals surface area contributed by atoms with Crippen LogP contribution in [0.2, 0.25) is 0 Å². The highest BCUT2D eigenvalue weighted by Crippen LogP contribution is 2.40. The lowest BCUT2D eigenvalue weighted by atomic mass is 9.76. The van der Waals surface area contributed by atoms with E-state index in [-0.39, 0.29) is 11.3 Å². The first-order chi connectivity index (χ1) is 17.8. The van der Waals surface area contributed by atoms with Crippen molar-refractivity contribution in [3.63, 3.8) is 0 Å². The summed E-state index contributed by atoms with van der Waals surface area (Å²) in [5, 5.41) is 9.29. The number of carboxylic acids is 1. The summed E-state index contributed by atoms with van der Waals surface area (Å²) in [6.45, 7) is 8.96. The van der Waals surface area contributed by atoms with E-state index in [4.69, 9.17) is 9.47 Å². The van der Waals surface area contributed by atoms with Gasteiger partial charge in [-0.1, -0.05) is 45.2 Å². The van der Waals surface area contributed by atoms with Crippen LogP contribution in [0.3, 0.4) is 0 Å². The first-order valence-corrected chi connectivity index (χ1v) is 13.8. The number of anilines is 1. The molecule has 0 amide bonds. The molecule has 37 heavy (non-hydrogen) atoms. The number of aliphatic carboxylic acids is 1. The maximum atomic E-state index is 13.2. The van der Waals surface area contributed by atoms with Gasteiger partial charge >= 0.3 is 5.97 Å². The van der Waals surface area contributed by atoms with Crippen LogP contribution >= 0.6 is 0 Å². The van der Waals surface area contributed by atoms with Crippen LogP contribution < -0.4 is 9.64 Å². The highest BCUT2D eigenvalue weighted by molar-refractivity contribution is 5.98. The first-order valence-electron chi connectivity index (χ1n) is 13.8. The minimum absolute atomic E-state index is 0.0285. The van der Waals surface area contributed by atoms with E-state index in [1.54, 1.807) is 6.92 Å². The number of carbonyl (C=O) groups is 2. The van der Waals surface area contributed by atoms with Crippen molar-refractivity contribution >= 4 is 17.4 Å². The van der Waals surface area contributed by atoms with Gasteiger partial charge in [-0.25, -0.2) is 4.79 Å². The van der Waals surface area contributed by atoms with Crippen molar-refractivity contribution in [2.45, 2.75) is 77.2 Å². The molecule has 0 bridgehead atoms. The monoisotopic (exact) mass is 507 g/mol. The van der Waals surface area contributed by atoms with Gasteiger partial charge in [-0.2, -0.15) is 0 Å². The lowest BCUT2D eigenvalue weighted by Gasteiger charge is -2.40. The van der Waals surface area contributed by atoms with Gasteiger partial charge in [-0.05, 0) is 73.1 Å². The lowest BCUT2D eigenvalue weighted by Crippen LogP contribution is -2.39. The average molecular weight is 508 g/mol. The Bertz CT molecular complexity index is 1070. The standard InChI is InChI=1S/C31H41NO5/c1-4-36-28(30(34)35)20-22-10-13-25(14-11-22)37-19-18-32-17-16-31(2,3)26-21-24(12-15-27(26)32)29(33)23-8-6-5-7-9-23/h10-15,21,23,28H,4-9,16-20H2,1-3H3,(H,34,35). The van der Waals surface area contributed by atoms with Gasteiger partial charge in [-0.3, -0.25) is 4.79 Å². The molecule has 1 aliphatic carbocycles. The summed E-state index contributed by atoms with van der Waals surface area (Å²) in [5.74, 6) is 0.317. The fourth-order valence-corrected chi connectivity index (χ4v) is 5.64. The number of ether oxygens (including phenoxy) is 2. The fraction of sp³-hybridized carbons (Fsp3) is 0.548. The van der Waals surface area contributed by atoms with Gasteiger partial charge in [0.1, 0.15) is 12.4 Å². The molecule has 0 aromatic heterocycles. The predicted octanol–water partition coefficient (Wildman–Crippen LogP) is 6.05. The SMILES string of the molecule is CCOC(Cc1ccc(OCCN2CCC(C)(C)c3cc(C(=O)C4CCCCC4)ccc32)cc1)C(=O)O. The number of carboxylic acid groups (broad SMARTS) is 1. The number of Topliss-reactive ketones (excluding diaryl/α,β-unsaturated/α-hetero) is 1. The van der Waals surface area contributed by atoms with Crippen LogP contribution in [0.1, 0.15) is 80.8 Å². The highest BCUT2D eigenvalue weighted by Gasteiger charge is 2.32. The molecule has 1 N–H and O–H groups in total. The summed E-state index contributed by atoms with van der Waals surface area (Å²) in [5.41, 5.74) is 4.25. The summed E-state index contributed by atoms with van der Waals surface area (Å²) >= 11 is 0. The van der Waals surface area contributed by atoms with Crippen molar-refractivity contribution in [1.82, 2.24) is 0 Å². The van der Waals surface area contributed by atoms with Gasteiger partial charge in [-0.15, -0.1) is 0 Å². The number of hydrogen-bond acceptors (Lipinski definition) is 5. The van der Waals surface area contributed by atoms with E-state index in [2.05, 4.69) is 30.9 Å². The average Bonchev–Trinajstić information content (AvgIpc) is 2.90. The number of nitrogens with zero attached hydrogens (tertiary/aromatic N) is 1. The second kappa shape index (κ2) is 12.1. The van der Waals surface area contributed by atoms with Crippen LogP contribution in [-0.2, 0) is 21.4 Å². The van der Waals surface area contributed by atoms with Crippen LogP contribution in [0, 0.1) is 5.92 Å². The maximum Gasteiger partial charge on any atom is 0.333 e. The molecular weight excluding hydrogens is 466 g/mol. The Labute approximate surface area is 221 Å². The molecule has 0 spiro atoms. The van der Waals surface area contributed by atoms with E-state index in [1.165, 1.54) is 30.5 Å². The predicted molar refractivity (Wildman–Crippen MR) is 146 cm³/mol. The molecule has 6 nitrogen and oxygen atoms in total. The summed E-state index contributed by atoms with van der Waals surface area (Å²) in [6, 6.07) is 13.9. The van der Waals surface area contributed by atoms with Crippen LogP contribution in [0.15, 0.2) is 42.5 Å². The number of ketones is 1. The van der Waals surface area contributed by atoms with Crippen LogP contribution in [0.4, 0.5) is 5.69 Å². The third kappa shape index (κ3) is 6.72. The van der Waals surface area contributed by atoms with Gasteiger partial charge in [0.2, 0.25) is 0 Å². The number of rotatable bonds is 11. The lowest BCUT2D eigenvalue weighted by molar-refractivity contribution is -0.149. The molecule has 2 aromatic rings. The van der Waals surface area contributed by atoms with Gasteiger partial charge in [0, 0.05) is 36.7 Å². The molecule has 200 valence electrons. The van der Waals surface area contributed by atoms with Gasteiger partial charge in [0.15, 0.2) is 11.9 Å².